The van der Waals surface area contributed by atoms with Crippen molar-refractivity contribution in [3.63, 3.8) is 0 Å². The Morgan fingerprint density at radius 1 is 0.968 bits per heavy atom. The van der Waals surface area contributed by atoms with Crippen molar-refractivity contribution in [2.24, 2.45) is 0 Å². The maximum absolute atomic E-state index is 12.9. The number of anilines is 2. The first-order valence-electron chi connectivity index (χ1n) is 8.95. The molecule has 0 aliphatic heterocycles. The smallest absolute Gasteiger partial charge is 0.259 e. The van der Waals surface area contributed by atoms with Crippen LogP contribution in [0.4, 0.5) is 11.5 Å². The fourth-order valence-electron chi connectivity index (χ4n) is 2.69. The molecule has 0 unspecified atom stereocenters. The first kappa shape index (κ1) is 21.8. The van der Waals surface area contributed by atoms with Crippen LogP contribution >= 0.6 is 15.9 Å². The number of rotatable bonds is 6. The number of nitrogens with one attached hydrogen (secondary N) is 2. The molecule has 2 N–H and O–H groups in total. The molecule has 0 fully saturated rings. The van der Waals surface area contributed by atoms with E-state index in [1.54, 1.807) is 18.3 Å². The number of ether oxygens (including phenoxy) is 2. The topological polar surface area (TPSA) is 113 Å². The number of nitrogens with zero attached hydrogens (tertiary/aromatic N) is 2. The number of amides is 2. The van der Waals surface area contributed by atoms with E-state index < -0.39 is 11.8 Å². The van der Waals surface area contributed by atoms with Gasteiger partial charge < -0.3 is 20.1 Å². The molecule has 0 saturated heterocycles. The molecule has 156 valence electrons. The number of pyridine rings is 1. The third-order valence-electron chi connectivity index (χ3n) is 4.26. The highest BCUT2D eigenvalue weighted by molar-refractivity contribution is 9.10. The molecule has 0 aliphatic rings. The van der Waals surface area contributed by atoms with Crippen molar-refractivity contribution in [2.75, 3.05) is 24.9 Å². The van der Waals surface area contributed by atoms with E-state index in [0.29, 0.717) is 28.4 Å². The Morgan fingerprint density at radius 3 is 2.23 bits per heavy atom. The van der Waals surface area contributed by atoms with E-state index in [-0.39, 0.29) is 11.3 Å². The molecular formula is C22H17BrN4O4. The normalized spacial score (nSPS) is 10.0. The molecule has 8 nitrogen and oxygen atoms in total. The molecule has 3 aromatic rings. The van der Waals surface area contributed by atoms with Gasteiger partial charge in [-0.1, -0.05) is 0 Å². The second-order valence-corrected chi connectivity index (χ2v) is 7.13. The predicted molar refractivity (Wildman–Crippen MR) is 119 cm³/mol. The van der Waals surface area contributed by atoms with Gasteiger partial charge in [0.15, 0.2) is 11.5 Å². The van der Waals surface area contributed by atoms with Crippen molar-refractivity contribution < 1.29 is 19.1 Å². The van der Waals surface area contributed by atoms with Crippen LogP contribution in [0.3, 0.4) is 0 Å². The van der Waals surface area contributed by atoms with Gasteiger partial charge in [0.1, 0.15) is 5.82 Å². The summed E-state index contributed by atoms with van der Waals surface area (Å²) < 4.78 is 11.4. The lowest BCUT2D eigenvalue weighted by atomic mass is 10.1. The summed E-state index contributed by atoms with van der Waals surface area (Å²) in [5.74, 6) is 0.0644. The summed E-state index contributed by atoms with van der Waals surface area (Å²) in [5.41, 5.74) is 1.14. The predicted octanol–water partition coefficient (Wildman–Crippen LogP) is 4.24. The van der Waals surface area contributed by atoms with Gasteiger partial charge in [-0.05, 0) is 58.4 Å². The van der Waals surface area contributed by atoms with Crippen LogP contribution in [0.2, 0.25) is 0 Å². The van der Waals surface area contributed by atoms with Crippen LogP contribution in [0.25, 0.3) is 0 Å². The number of aromatic nitrogens is 1. The summed E-state index contributed by atoms with van der Waals surface area (Å²) >= 11 is 3.29. The monoisotopic (exact) mass is 480 g/mol. The van der Waals surface area contributed by atoms with Crippen LogP contribution in [0, 0.1) is 11.3 Å². The van der Waals surface area contributed by atoms with Crippen LogP contribution in [-0.2, 0) is 0 Å². The average Bonchev–Trinajstić information content (AvgIpc) is 2.80. The summed E-state index contributed by atoms with van der Waals surface area (Å²) in [6.45, 7) is 0. The van der Waals surface area contributed by atoms with Crippen molar-refractivity contribution in [3.8, 4) is 17.6 Å². The molecule has 0 aliphatic carbocycles. The van der Waals surface area contributed by atoms with E-state index in [1.165, 1.54) is 50.6 Å². The number of carbonyl (C=O) groups is 2. The zero-order valence-electron chi connectivity index (χ0n) is 16.6. The highest BCUT2D eigenvalue weighted by Crippen LogP contribution is 2.34. The number of hydrogen-bond donors (Lipinski definition) is 2. The van der Waals surface area contributed by atoms with Gasteiger partial charge in [-0.3, -0.25) is 9.59 Å². The molecule has 0 radical (unpaired) electrons. The SMILES string of the molecule is COc1cc(NC(=O)c2ccc(C#N)cc2)c(C(=O)Nc2ccc(Br)cn2)cc1OC. The molecule has 0 atom stereocenters. The van der Waals surface area contributed by atoms with E-state index in [1.807, 2.05) is 6.07 Å². The summed E-state index contributed by atoms with van der Waals surface area (Å²) in [7, 11) is 2.90. The number of methoxy groups -OCH3 is 2. The quantitative estimate of drug-likeness (QED) is 0.545. The van der Waals surface area contributed by atoms with Crippen LogP contribution < -0.4 is 20.1 Å². The number of benzene rings is 2. The molecule has 2 amide bonds. The molecule has 0 saturated carbocycles. The molecule has 1 heterocycles. The van der Waals surface area contributed by atoms with Gasteiger partial charge in [-0.15, -0.1) is 0 Å². The van der Waals surface area contributed by atoms with Crippen LogP contribution in [0.5, 0.6) is 11.5 Å². The Labute approximate surface area is 186 Å². The second-order valence-electron chi connectivity index (χ2n) is 6.21. The third-order valence-corrected chi connectivity index (χ3v) is 4.73. The molecule has 0 bridgehead atoms. The number of halogens is 1. The minimum absolute atomic E-state index is 0.157. The van der Waals surface area contributed by atoms with E-state index in [4.69, 9.17) is 14.7 Å². The lowest BCUT2D eigenvalue weighted by Crippen LogP contribution is -2.19. The number of nitriles is 1. The molecule has 2 aromatic carbocycles. The van der Waals surface area contributed by atoms with Gasteiger partial charge in [-0.2, -0.15) is 5.26 Å². The standard InChI is InChI=1S/C22H17BrN4O4/c1-30-18-9-16(22(29)27-20-8-7-15(23)12-25-20)17(10-19(18)31-2)26-21(28)14-5-3-13(11-24)4-6-14/h3-10,12H,1-2H3,(H,26,28)(H,25,27,29). The van der Waals surface area contributed by atoms with Crippen molar-refractivity contribution >= 4 is 39.2 Å². The fraction of sp³-hybridized carbons (Fsp3) is 0.0909. The van der Waals surface area contributed by atoms with Crippen LogP contribution in [0.1, 0.15) is 26.3 Å². The zero-order chi connectivity index (χ0) is 22.4. The molecular weight excluding hydrogens is 464 g/mol. The third kappa shape index (κ3) is 5.18. The Balaban J connectivity index is 1.94. The Hall–Kier alpha value is -3.90. The van der Waals surface area contributed by atoms with Crippen molar-refractivity contribution in [3.05, 3.63) is 75.9 Å². The van der Waals surface area contributed by atoms with Gasteiger partial charge in [0.2, 0.25) is 0 Å². The fourth-order valence-corrected chi connectivity index (χ4v) is 2.93. The molecule has 1 aromatic heterocycles. The minimum atomic E-state index is -0.495. The zero-order valence-corrected chi connectivity index (χ0v) is 18.2. The summed E-state index contributed by atoms with van der Waals surface area (Å²) in [4.78, 5) is 29.8. The van der Waals surface area contributed by atoms with Gasteiger partial charge in [0.05, 0.1) is 37.1 Å². The maximum Gasteiger partial charge on any atom is 0.259 e. The first-order valence-corrected chi connectivity index (χ1v) is 9.75. The van der Waals surface area contributed by atoms with E-state index in [2.05, 4.69) is 31.5 Å². The molecule has 3 rings (SSSR count). The van der Waals surface area contributed by atoms with Crippen LogP contribution in [-0.4, -0.2) is 31.0 Å². The average molecular weight is 481 g/mol. The largest absolute Gasteiger partial charge is 0.493 e. The minimum Gasteiger partial charge on any atom is -0.493 e. The lowest BCUT2D eigenvalue weighted by Gasteiger charge is -2.15. The van der Waals surface area contributed by atoms with Crippen molar-refractivity contribution in [1.29, 1.82) is 5.26 Å². The first-order chi connectivity index (χ1) is 14.9. The Kier molecular flexibility index (Phi) is 6.85. The van der Waals surface area contributed by atoms with Gasteiger partial charge in [0, 0.05) is 22.3 Å². The van der Waals surface area contributed by atoms with Crippen LogP contribution in [0.15, 0.2) is 59.2 Å². The van der Waals surface area contributed by atoms with Gasteiger partial charge in [-0.25, -0.2) is 4.98 Å². The molecule has 31 heavy (non-hydrogen) atoms. The highest BCUT2D eigenvalue weighted by atomic mass is 79.9. The Bertz CT molecular complexity index is 1160. The maximum atomic E-state index is 12.9. The number of carbonyl (C=O) groups excluding carboxylic acids is 2. The van der Waals surface area contributed by atoms with Crippen molar-refractivity contribution in [1.82, 2.24) is 4.98 Å². The Morgan fingerprint density at radius 2 is 1.65 bits per heavy atom. The summed E-state index contributed by atoms with van der Waals surface area (Å²) in [6.07, 6.45) is 1.55. The van der Waals surface area contributed by atoms with Gasteiger partial charge in [0.25, 0.3) is 11.8 Å². The highest BCUT2D eigenvalue weighted by Gasteiger charge is 2.20. The second kappa shape index (κ2) is 9.73. The summed E-state index contributed by atoms with van der Waals surface area (Å²) in [5, 5.41) is 14.3. The van der Waals surface area contributed by atoms with E-state index >= 15 is 0 Å². The summed E-state index contributed by atoms with van der Waals surface area (Å²) in [6, 6.07) is 14.5. The van der Waals surface area contributed by atoms with Gasteiger partial charge >= 0.3 is 0 Å². The number of hydrogen-bond acceptors (Lipinski definition) is 6. The molecule has 9 heteroatoms. The van der Waals surface area contributed by atoms with E-state index in [0.717, 1.165) is 4.47 Å². The lowest BCUT2D eigenvalue weighted by molar-refractivity contribution is 0.102. The van der Waals surface area contributed by atoms with Crippen molar-refractivity contribution in [2.45, 2.75) is 0 Å². The molecule has 0 spiro atoms. The van der Waals surface area contributed by atoms with E-state index in [9.17, 15) is 9.59 Å².